The van der Waals surface area contributed by atoms with Crippen molar-refractivity contribution >= 4 is 6.09 Å². The molecule has 2 aromatic heterocycles. The number of aryl methyl sites for hydroxylation is 1. The first-order valence-electron chi connectivity index (χ1n) is 12.4. The van der Waals surface area contributed by atoms with Crippen LogP contribution in [0, 0.1) is 5.92 Å². The van der Waals surface area contributed by atoms with Crippen molar-refractivity contribution in [2.24, 2.45) is 5.92 Å². The quantitative estimate of drug-likeness (QED) is 0.437. The Labute approximate surface area is 220 Å². The molecule has 1 N–H and O–H groups in total. The molecule has 1 aliphatic carbocycles. The zero-order valence-electron chi connectivity index (χ0n) is 22.5. The monoisotopic (exact) mass is 527 g/mol. The molecular formula is C26H33N5O7. The lowest BCUT2D eigenvalue weighted by Crippen LogP contribution is -2.33. The molecular weight excluding hydrogens is 494 g/mol. The number of carbonyl (C=O) groups excluding carboxylic acids is 1. The van der Waals surface area contributed by atoms with Gasteiger partial charge in [-0.3, -0.25) is 9.36 Å². The Kier molecular flexibility index (Phi) is 7.61. The molecule has 12 nitrogen and oxygen atoms in total. The fourth-order valence-electron chi connectivity index (χ4n) is 3.96. The van der Waals surface area contributed by atoms with Crippen molar-refractivity contribution in [3.8, 4) is 34.5 Å². The van der Waals surface area contributed by atoms with Gasteiger partial charge in [-0.25, -0.2) is 4.79 Å². The topological polar surface area (TPSA) is 142 Å². The van der Waals surface area contributed by atoms with E-state index >= 15 is 0 Å². The Morgan fingerprint density at radius 2 is 1.84 bits per heavy atom. The minimum atomic E-state index is -0.714. The van der Waals surface area contributed by atoms with Crippen LogP contribution < -0.4 is 15.0 Å². The van der Waals surface area contributed by atoms with Crippen LogP contribution in [0.2, 0.25) is 0 Å². The van der Waals surface area contributed by atoms with Crippen LogP contribution in [-0.4, -0.2) is 62.7 Å². The van der Waals surface area contributed by atoms with Gasteiger partial charge in [-0.2, -0.15) is 4.98 Å². The third-order valence-electron chi connectivity index (χ3n) is 5.99. The number of hydrogen-bond donors (Lipinski definition) is 1. The highest BCUT2D eigenvalue weighted by Crippen LogP contribution is 2.39. The Bertz CT molecular complexity index is 1350. The average Bonchev–Trinajstić information content (AvgIpc) is 3.58. The number of aromatic nitrogens is 4. The minimum absolute atomic E-state index is 0.0476. The summed E-state index contributed by atoms with van der Waals surface area (Å²) in [4.78, 5) is 31.0. The average molecular weight is 528 g/mol. The van der Waals surface area contributed by atoms with Crippen LogP contribution >= 0.6 is 0 Å². The van der Waals surface area contributed by atoms with Crippen LogP contribution in [0.1, 0.15) is 51.7 Å². The fourth-order valence-corrected chi connectivity index (χ4v) is 3.96. The summed E-state index contributed by atoms with van der Waals surface area (Å²) in [7, 11) is 4.52. The molecule has 12 heteroatoms. The van der Waals surface area contributed by atoms with E-state index in [9.17, 15) is 14.7 Å². The van der Waals surface area contributed by atoms with E-state index in [0.717, 1.165) is 19.3 Å². The summed E-state index contributed by atoms with van der Waals surface area (Å²) in [6.07, 6.45) is 2.98. The predicted octanol–water partition coefficient (Wildman–Crippen LogP) is 3.71. The molecule has 0 spiro atoms. The summed E-state index contributed by atoms with van der Waals surface area (Å²) in [5.74, 6) is 1.13. The maximum Gasteiger partial charge on any atom is 0.410 e. The van der Waals surface area contributed by atoms with E-state index in [2.05, 4.69) is 15.2 Å². The standard InChI is InChI=1S/C26H33N5O7/c1-26(2,3)38-25(34)30(4)14-19-28-29-23(37-19)20-22(32)27-18(13-12-15-10-11-15)31(24(20)33)21-16(35-5)8-7-9-17(21)36-6/h7-9,15,33H,10-14H2,1-6H3. The SMILES string of the molecule is COc1cccc(OC)c1-n1c(CCC2CC2)nc(=O)c(-c2nnc(CN(C)C(=O)OC(C)(C)C)o2)c1O. The number of benzene rings is 1. The molecule has 0 radical (unpaired) electrons. The fraction of sp³-hybridized carbons (Fsp3) is 0.500. The number of ether oxygens (including phenoxy) is 3. The van der Waals surface area contributed by atoms with Crippen molar-refractivity contribution in [3.05, 3.63) is 40.3 Å². The second-order valence-electron chi connectivity index (χ2n) is 10.2. The van der Waals surface area contributed by atoms with Gasteiger partial charge < -0.3 is 28.6 Å². The largest absolute Gasteiger partial charge is 0.494 e. The van der Waals surface area contributed by atoms with Gasteiger partial charge in [0.1, 0.15) is 35.2 Å². The molecule has 204 valence electrons. The van der Waals surface area contributed by atoms with Crippen LogP contribution in [0.4, 0.5) is 4.79 Å². The molecule has 0 aliphatic heterocycles. The second-order valence-corrected chi connectivity index (χ2v) is 10.2. The molecule has 0 atom stereocenters. The Morgan fingerprint density at radius 1 is 1.18 bits per heavy atom. The number of para-hydroxylation sites is 1. The van der Waals surface area contributed by atoms with Crippen molar-refractivity contribution in [3.63, 3.8) is 0 Å². The molecule has 0 bridgehead atoms. The van der Waals surface area contributed by atoms with Gasteiger partial charge in [0.05, 0.1) is 14.2 Å². The van der Waals surface area contributed by atoms with Gasteiger partial charge in [0.2, 0.25) is 11.8 Å². The molecule has 3 aromatic rings. The molecule has 38 heavy (non-hydrogen) atoms. The summed E-state index contributed by atoms with van der Waals surface area (Å²) in [5, 5.41) is 19.4. The number of methoxy groups -OCH3 is 2. The van der Waals surface area contributed by atoms with Crippen LogP contribution in [0.3, 0.4) is 0 Å². The highest BCUT2D eigenvalue weighted by molar-refractivity contribution is 5.68. The number of nitrogens with zero attached hydrogens (tertiary/aromatic N) is 5. The Balaban J connectivity index is 1.76. The van der Waals surface area contributed by atoms with Crippen molar-refractivity contribution in [2.45, 2.75) is 58.6 Å². The zero-order chi connectivity index (χ0) is 27.6. The van der Waals surface area contributed by atoms with Crippen molar-refractivity contribution in [2.75, 3.05) is 21.3 Å². The summed E-state index contributed by atoms with van der Waals surface area (Å²) >= 11 is 0. The number of carbonyl (C=O) groups is 1. The Hall–Kier alpha value is -4.09. The lowest BCUT2D eigenvalue weighted by atomic mass is 10.1. The first kappa shape index (κ1) is 27.0. The van der Waals surface area contributed by atoms with Gasteiger partial charge in [-0.05, 0) is 45.2 Å². The lowest BCUT2D eigenvalue weighted by Gasteiger charge is -2.23. The van der Waals surface area contributed by atoms with Crippen molar-refractivity contribution in [1.29, 1.82) is 0 Å². The molecule has 0 saturated heterocycles. The summed E-state index contributed by atoms with van der Waals surface area (Å²) in [6.45, 7) is 5.21. The third-order valence-corrected chi connectivity index (χ3v) is 5.99. The van der Waals surface area contributed by atoms with Crippen LogP contribution in [0.5, 0.6) is 17.4 Å². The van der Waals surface area contributed by atoms with E-state index in [-0.39, 0.29) is 23.9 Å². The molecule has 1 fully saturated rings. The third kappa shape index (κ3) is 5.90. The van der Waals surface area contributed by atoms with Gasteiger partial charge in [-0.1, -0.05) is 18.9 Å². The molecule has 4 rings (SSSR count). The van der Waals surface area contributed by atoms with Crippen LogP contribution in [-0.2, 0) is 17.7 Å². The lowest BCUT2D eigenvalue weighted by molar-refractivity contribution is 0.0271. The molecule has 2 heterocycles. The maximum absolute atomic E-state index is 13.2. The maximum atomic E-state index is 13.2. The van der Waals surface area contributed by atoms with Gasteiger partial charge in [-0.15, -0.1) is 10.2 Å². The number of aromatic hydroxyl groups is 1. The molecule has 1 aromatic carbocycles. The van der Waals surface area contributed by atoms with Gasteiger partial charge in [0.15, 0.2) is 5.56 Å². The summed E-state index contributed by atoms with van der Waals surface area (Å²) < 4.78 is 23.6. The van der Waals surface area contributed by atoms with E-state index in [4.69, 9.17) is 18.6 Å². The van der Waals surface area contributed by atoms with E-state index in [1.165, 1.54) is 30.7 Å². The van der Waals surface area contributed by atoms with E-state index in [1.54, 1.807) is 39.0 Å². The van der Waals surface area contributed by atoms with E-state index in [0.29, 0.717) is 35.3 Å². The van der Waals surface area contributed by atoms with E-state index in [1.807, 2.05) is 0 Å². The summed E-state index contributed by atoms with van der Waals surface area (Å²) in [5.41, 5.74) is -1.27. The van der Waals surface area contributed by atoms with Crippen LogP contribution in [0.15, 0.2) is 27.4 Å². The molecule has 0 unspecified atom stereocenters. The highest BCUT2D eigenvalue weighted by atomic mass is 16.6. The summed E-state index contributed by atoms with van der Waals surface area (Å²) in [6, 6.07) is 5.19. The number of hydrogen-bond acceptors (Lipinski definition) is 10. The smallest absolute Gasteiger partial charge is 0.410 e. The van der Waals surface area contributed by atoms with Crippen LogP contribution in [0.25, 0.3) is 17.1 Å². The normalized spacial score (nSPS) is 13.3. The minimum Gasteiger partial charge on any atom is -0.494 e. The first-order chi connectivity index (χ1) is 18.0. The molecule has 1 saturated carbocycles. The van der Waals surface area contributed by atoms with Gasteiger partial charge in [0, 0.05) is 13.5 Å². The molecule has 1 aliphatic rings. The first-order valence-corrected chi connectivity index (χ1v) is 12.4. The molecule has 1 amide bonds. The number of rotatable bonds is 9. The van der Waals surface area contributed by atoms with Gasteiger partial charge in [0.25, 0.3) is 11.4 Å². The Morgan fingerprint density at radius 3 is 2.42 bits per heavy atom. The highest BCUT2D eigenvalue weighted by Gasteiger charge is 2.29. The van der Waals surface area contributed by atoms with E-state index < -0.39 is 23.1 Å². The zero-order valence-corrected chi connectivity index (χ0v) is 22.5. The van der Waals surface area contributed by atoms with Gasteiger partial charge >= 0.3 is 6.09 Å². The predicted molar refractivity (Wildman–Crippen MR) is 137 cm³/mol. The second kappa shape index (κ2) is 10.7. The van der Waals surface area contributed by atoms with Crippen molar-refractivity contribution < 1.29 is 28.5 Å². The van der Waals surface area contributed by atoms with Crippen molar-refractivity contribution in [1.82, 2.24) is 24.6 Å². The number of amides is 1.